The predicted molar refractivity (Wildman–Crippen MR) is 73.4 cm³/mol. The summed E-state index contributed by atoms with van der Waals surface area (Å²) in [6, 6.07) is 2.07. The maximum Gasteiger partial charge on any atom is 0.151 e. The number of nitrogens with zero attached hydrogens (tertiary/aromatic N) is 1. The third-order valence-electron chi connectivity index (χ3n) is 5.50. The van der Waals surface area contributed by atoms with Gasteiger partial charge in [0, 0.05) is 6.20 Å². The molecule has 0 amide bonds. The van der Waals surface area contributed by atoms with E-state index in [9.17, 15) is 0 Å². The molecule has 0 aromatic carbocycles. The molecule has 4 saturated carbocycles. The van der Waals surface area contributed by atoms with Gasteiger partial charge in [-0.15, -0.1) is 0 Å². The van der Waals surface area contributed by atoms with Gasteiger partial charge >= 0.3 is 0 Å². The zero-order valence-corrected chi connectivity index (χ0v) is 11.2. The third-order valence-corrected chi connectivity index (χ3v) is 5.81. The van der Waals surface area contributed by atoms with Gasteiger partial charge in [-0.25, -0.2) is 4.98 Å². The van der Waals surface area contributed by atoms with E-state index in [1.807, 2.05) is 6.20 Å². The van der Waals surface area contributed by atoms with Gasteiger partial charge in [-0.2, -0.15) is 0 Å². The number of hydrogen-bond acceptors (Lipinski definition) is 2. The van der Waals surface area contributed by atoms with Crippen molar-refractivity contribution in [1.82, 2.24) is 4.98 Å². The summed E-state index contributed by atoms with van der Waals surface area (Å²) in [7, 11) is 0. The van der Waals surface area contributed by atoms with Gasteiger partial charge in [-0.1, -0.05) is 11.6 Å². The first-order valence-corrected chi connectivity index (χ1v) is 7.49. The van der Waals surface area contributed by atoms with Crippen LogP contribution in [0, 0.1) is 23.7 Å². The van der Waals surface area contributed by atoms with Crippen LogP contribution >= 0.6 is 11.6 Å². The standard InChI is InChI=1S/C15H19ClN2/c16-15-13(17)6-12(7-18-15)14-10-2-8-1-9(4-10)5-11(14)3-8/h6-11,14H,1-5,17H2. The first kappa shape index (κ1) is 11.1. The molecule has 2 N–H and O–H groups in total. The third kappa shape index (κ3) is 1.58. The van der Waals surface area contributed by atoms with Crippen LogP contribution in [0.15, 0.2) is 12.3 Å². The molecule has 4 fully saturated rings. The van der Waals surface area contributed by atoms with E-state index in [0.717, 1.165) is 23.7 Å². The molecule has 4 aliphatic rings. The summed E-state index contributed by atoms with van der Waals surface area (Å²) in [6.07, 6.45) is 9.19. The summed E-state index contributed by atoms with van der Waals surface area (Å²) in [6.45, 7) is 0. The van der Waals surface area contributed by atoms with Crippen molar-refractivity contribution >= 4 is 17.3 Å². The summed E-state index contributed by atoms with van der Waals surface area (Å²) < 4.78 is 0. The van der Waals surface area contributed by atoms with Crippen LogP contribution in [0.4, 0.5) is 5.69 Å². The maximum atomic E-state index is 5.93. The van der Waals surface area contributed by atoms with Crippen LogP contribution in [0.2, 0.25) is 5.15 Å². The number of nitrogen functional groups attached to an aromatic ring is 1. The highest BCUT2D eigenvalue weighted by Gasteiger charge is 2.48. The molecule has 0 spiro atoms. The molecule has 0 unspecified atom stereocenters. The maximum absolute atomic E-state index is 5.93. The number of anilines is 1. The van der Waals surface area contributed by atoms with Crippen LogP contribution < -0.4 is 5.73 Å². The lowest BCUT2D eigenvalue weighted by atomic mass is 9.51. The van der Waals surface area contributed by atoms with Crippen molar-refractivity contribution in [2.45, 2.75) is 38.0 Å². The second-order valence-electron chi connectivity index (χ2n) is 6.61. The highest BCUT2D eigenvalue weighted by molar-refractivity contribution is 6.31. The smallest absolute Gasteiger partial charge is 0.151 e. The molecule has 1 heterocycles. The van der Waals surface area contributed by atoms with Crippen LogP contribution in [0.25, 0.3) is 0 Å². The fraction of sp³-hybridized carbons (Fsp3) is 0.667. The Morgan fingerprint density at radius 1 is 1.06 bits per heavy atom. The van der Waals surface area contributed by atoms with Gasteiger partial charge in [0.05, 0.1) is 5.69 Å². The normalized spacial score (nSPS) is 41.3. The Kier molecular flexibility index (Phi) is 2.38. The summed E-state index contributed by atoms with van der Waals surface area (Å²) in [4.78, 5) is 4.25. The van der Waals surface area contributed by atoms with Gasteiger partial charge in [-0.3, -0.25) is 0 Å². The largest absolute Gasteiger partial charge is 0.396 e. The summed E-state index contributed by atoms with van der Waals surface area (Å²) in [5, 5.41) is 0.447. The van der Waals surface area contributed by atoms with Crippen molar-refractivity contribution in [1.29, 1.82) is 0 Å². The van der Waals surface area contributed by atoms with Crippen LogP contribution in [0.5, 0.6) is 0 Å². The van der Waals surface area contributed by atoms with Crippen molar-refractivity contribution in [2.75, 3.05) is 5.73 Å². The van der Waals surface area contributed by atoms with Gasteiger partial charge in [-0.05, 0) is 73.3 Å². The van der Waals surface area contributed by atoms with Crippen molar-refractivity contribution in [3.8, 4) is 0 Å². The van der Waals surface area contributed by atoms with E-state index in [-0.39, 0.29) is 0 Å². The van der Waals surface area contributed by atoms with Crippen LogP contribution in [-0.4, -0.2) is 4.98 Å². The van der Waals surface area contributed by atoms with Crippen LogP contribution in [0.1, 0.15) is 43.6 Å². The number of pyridine rings is 1. The van der Waals surface area contributed by atoms with Crippen molar-refractivity contribution < 1.29 is 0 Å². The van der Waals surface area contributed by atoms with Gasteiger partial charge in [0.2, 0.25) is 0 Å². The van der Waals surface area contributed by atoms with Gasteiger partial charge in [0.15, 0.2) is 5.15 Å². The predicted octanol–water partition coefficient (Wildman–Crippen LogP) is 3.86. The topological polar surface area (TPSA) is 38.9 Å². The first-order chi connectivity index (χ1) is 8.70. The van der Waals surface area contributed by atoms with E-state index in [2.05, 4.69) is 11.1 Å². The second-order valence-corrected chi connectivity index (χ2v) is 6.96. The number of halogens is 1. The number of rotatable bonds is 1. The van der Waals surface area contributed by atoms with Gasteiger partial charge < -0.3 is 5.73 Å². The average Bonchev–Trinajstić information content (AvgIpc) is 2.32. The highest BCUT2D eigenvalue weighted by Crippen LogP contribution is 2.59. The minimum Gasteiger partial charge on any atom is -0.396 e. The zero-order valence-electron chi connectivity index (χ0n) is 10.5. The molecule has 0 saturated heterocycles. The first-order valence-electron chi connectivity index (χ1n) is 7.11. The van der Waals surface area contributed by atoms with E-state index < -0.39 is 0 Å². The van der Waals surface area contributed by atoms with E-state index in [4.69, 9.17) is 17.3 Å². The summed E-state index contributed by atoms with van der Waals surface area (Å²) >= 11 is 5.93. The lowest BCUT2D eigenvalue weighted by Gasteiger charge is -2.54. The minimum atomic E-state index is 0.447. The molecule has 1 aromatic rings. The Labute approximate surface area is 113 Å². The molecule has 96 valence electrons. The summed E-state index contributed by atoms with van der Waals surface area (Å²) in [5.41, 5.74) is 7.90. The lowest BCUT2D eigenvalue weighted by molar-refractivity contribution is -0.00286. The average molecular weight is 263 g/mol. The van der Waals surface area contributed by atoms with E-state index in [0.29, 0.717) is 16.8 Å². The number of hydrogen-bond donors (Lipinski definition) is 1. The fourth-order valence-electron chi connectivity index (χ4n) is 5.13. The van der Waals surface area contributed by atoms with Crippen molar-refractivity contribution in [3.63, 3.8) is 0 Å². The Bertz CT molecular complexity index is 457. The molecule has 0 radical (unpaired) electrons. The molecule has 0 aliphatic heterocycles. The molecule has 0 atom stereocenters. The summed E-state index contributed by atoms with van der Waals surface area (Å²) in [5.74, 6) is 4.49. The second kappa shape index (κ2) is 3.86. The molecule has 4 bridgehead atoms. The van der Waals surface area contributed by atoms with E-state index in [1.54, 1.807) is 0 Å². The molecule has 4 aliphatic carbocycles. The Morgan fingerprint density at radius 2 is 1.67 bits per heavy atom. The van der Waals surface area contributed by atoms with Crippen LogP contribution in [-0.2, 0) is 0 Å². The Hall–Kier alpha value is -0.760. The molecule has 5 rings (SSSR count). The van der Waals surface area contributed by atoms with E-state index >= 15 is 0 Å². The van der Waals surface area contributed by atoms with Crippen molar-refractivity contribution in [2.24, 2.45) is 23.7 Å². The quantitative estimate of drug-likeness (QED) is 0.781. The molecule has 2 nitrogen and oxygen atoms in total. The lowest BCUT2D eigenvalue weighted by Crippen LogP contribution is -2.43. The Balaban J connectivity index is 1.70. The molecular weight excluding hydrogens is 244 g/mol. The van der Waals surface area contributed by atoms with Crippen LogP contribution in [0.3, 0.4) is 0 Å². The number of nitrogens with two attached hydrogens (primary N) is 1. The number of aromatic nitrogens is 1. The fourth-order valence-corrected chi connectivity index (χ4v) is 5.24. The molecule has 1 aromatic heterocycles. The minimum absolute atomic E-state index is 0.447. The molecule has 3 heteroatoms. The van der Waals surface area contributed by atoms with Crippen molar-refractivity contribution in [3.05, 3.63) is 23.0 Å². The Morgan fingerprint density at radius 3 is 2.22 bits per heavy atom. The highest BCUT2D eigenvalue weighted by atomic mass is 35.5. The monoisotopic (exact) mass is 262 g/mol. The van der Waals surface area contributed by atoms with Gasteiger partial charge in [0.25, 0.3) is 0 Å². The van der Waals surface area contributed by atoms with E-state index in [1.165, 1.54) is 37.7 Å². The molecule has 18 heavy (non-hydrogen) atoms. The molecular formula is C15H19ClN2. The van der Waals surface area contributed by atoms with Gasteiger partial charge in [0.1, 0.15) is 0 Å². The zero-order chi connectivity index (χ0) is 12.3. The SMILES string of the molecule is Nc1cc(C2C3CC4CC(C3)CC2C4)cnc1Cl.